The number of methoxy groups -OCH3 is 1. The van der Waals surface area contributed by atoms with Crippen LogP contribution in [0.25, 0.3) is 0 Å². The van der Waals surface area contributed by atoms with E-state index in [0.29, 0.717) is 6.42 Å². The van der Waals surface area contributed by atoms with E-state index in [2.05, 4.69) is 14.1 Å². The van der Waals surface area contributed by atoms with Crippen LogP contribution in [-0.2, 0) is 9.53 Å². The van der Waals surface area contributed by atoms with Gasteiger partial charge in [-0.2, -0.15) is 4.37 Å². The summed E-state index contributed by atoms with van der Waals surface area (Å²) in [6.45, 7) is 0. The highest BCUT2D eigenvalue weighted by atomic mass is 32.2. The third-order valence-corrected chi connectivity index (χ3v) is 4.69. The van der Waals surface area contributed by atoms with Gasteiger partial charge in [-0.15, -0.1) is 0 Å². The third kappa shape index (κ3) is 2.92. The van der Waals surface area contributed by atoms with Gasteiger partial charge in [0.05, 0.1) is 13.5 Å². The molecule has 0 aliphatic heterocycles. The Kier molecular flexibility index (Phi) is 3.25. The molecule has 0 N–H and O–H groups in total. The van der Waals surface area contributed by atoms with Gasteiger partial charge in [0.2, 0.25) is 0 Å². The first-order chi connectivity index (χ1) is 7.24. The maximum Gasteiger partial charge on any atom is 0.306 e. The molecule has 0 bridgehead atoms. The molecule has 1 aliphatic rings. The van der Waals surface area contributed by atoms with Crippen molar-refractivity contribution in [3.63, 3.8) is 0 Å². The van der Waals surface area contributed by atoms with Gasteiger partial charge in [0.25, 0.3) is 0 Å². The van der Waals surface area contributed by atoms with Crippen LogP contribution in [0.2, 0.25) is 0 Å². The van der Waals surface area contributed by atoms with Gasteiger partial charge in [-0.25, -0.2) is 4.98 Å². The van der Waals surface area contributed by atoms with E-state index in [4.69, 9.17) is 0 Å². The van der Waals surface area contributed by atoms with Crippen molar-refractivity contribution in [1.29, 1.82) is 0 Å². The molecule has 15 heavy (non-hydrogen) atoms. The van der Waals surface area contributed by atoms with Crippen molar-refractivity contribution in [2.75, 3.05) is 12.9 Å². The minimum atomic E-state index is -0.106. The summed E-state index contributed by atoms with van der Waals surface area (Å²) in [7, 11) is 1.44. The van der Waals surface area contributed by atoms with Crippen LogP contribution in [-0.4, -0.2) is 28.2 Å². The van der Waals surface area contributed by atoms with E-state index in [0.717, 1.165) is 22.9 Å². The van der Waals surface area contributed by atoms with E-state index in [1.165, 1.54) is 18.6 Å². The molecule has 0 unspecified atom stereocenters. The predicted octanol–water partition coefficient (Wildman–Crippen LogP) is 1.97. The van der Waals surface area contributed by atoms with Gasteiger partial charge < -0.3 is 4.74 Å². The highest BCUT2D eigenvalue weighted by Gasteiger charge is 2.44. The van der Waals surface area contributed by atoms with Gasteiger partial charge in [0.15, 0.2) is 4.34 Å². The molecule has 0 radical (unpaired) electrons. The highest BCUT2D eigenvalue weighted by molar-refractivity contribution is 8.00. The topological polar surface area (TPSA) is 52.1 Å². The van der Waals surface area contributed by atoms with Gasteiger partial charge in [-0.05, 0) is 29.8 Å². The number of esters is 1. The van der Waals surface area contributed by atoms with E-state index < -0.39 is 0 Å². The molecule has 0 amide bonds. The molecule has 0 spiro atoms. The van der Waals surface area contributed by atoms with Crippen LogP contribution in [0.4, 0.5) is 0 Å². The largest absolute Gasteiger partial charge is 0.469 e. The normalized spacial score (nSPS) is 17.4. The Morgan fingerprint density at radius 3 is 3.07 bits per heavy atom. The summed E-state index contributed by atoms with van der Waals surface area (Å²) in [4.78, 5) is 15.3. The summed E-state index contributed by atoms with van der Waals surface area (Å²) in [6, 6.07) is 0. The fourth-order valence-electron chi connectivity index (χ4n) is 1.37. The van der Waals surface area contributed by atoms with Gasteiger partial charge in [0.1, 0.15) is 6.33 Å². The molecule has 82 valence electrons. The fourth-order valence-corrected chi connectivity index (χ4v) is 3.11. The second-order valence-corrected chi connectivity index (χ2v) is 5.75. The summed E-state index contributed by atoms with van der Waals surface area (Å²) in [6.07, 6.45) is 4.34. The Balaban J connectivity index is 1.81. The van der Waals surface area contributed by atoms with Gasteiger partial charge in [-0.1, -0.05) is 11.8 Å². The standard InChI is InChI=1S/C9H12N2O2S2/c1-13-7(12)4-9(2-3-9)5-14-8-10-6-11-15-8/h6H,2-5H2,1H3. The molecule has 0 atom stereocenters. The summed E-state index contributed by atoms with van der Waals surface area (Å²) >= 11 is 3.09. The minimum Gasteiger partial charge on any atom is -0.469 e. The van der Waals surface area contributed by atoms with E-state index in [9.17, 15) is 4.79 Å². The molecule has 6 heteroatoms. The van der Waals surface area contributed by atoms with Crippen LogP contribution < -0.4 is 0 Å². The van der Waals surface area contributed by atoms with E-state index in [-0.39, 0.29) is 11.4 Å². The molecule has 1 aliphatic carbocycles. The maximum atomic E-state index is 11.2. The van der Waals surface area contributed by atoms with Crippen LogP contribution in [0.1, 0.15) is 19.3 Å². The van der Waals surface area contributed by atoms with Crippen molar-refractivity contribution in [3.8, 4) is 0 Å². The number of carbonyl (C=O) groups is 1. The molecule has 1 aromatic heterocycles. The lowest BCUT2D eigenvalue weighted by Gasteiger charge is -2.11. The Hall–Kier alpha value is -0.620. The van der Waals surface area contributed by atoms with Crippen LogP contribution in [0.3, 0.4) is 0 Å². The van der Waals surface area contributed by atoms with Crippen LogP contribution in [0.15, 0.2) is 10.7 Å². The van der Waals surface area contributed by atoms with Crippen LogP contribution in [0.5, 0.6) is 0 Å². The smallest absolute Gasteiger partial charge is 0.306 e. The Morgan fingerprint density at radius 2 is 2.53 bits per heavy atom. The molecule has 2 rings (SSSR count). The second kappa shape index (κ2) is 4.49. The lowest BCUT2D eigenvalue weighted by Crippen LogP contribution is -2.12. The monoisotopic (exact) mass is 244 g/mol. The molecule has 1 aromatic rings. The molecule has 1 saturated carbocycles. The summed E-state index contributed by atoms with van der Waals surface area (Å²) < 4.78 is 9.61. The zero-order valence-corrected chi connectivity index (χ0v) is 10.1. The number of nitrogens with zero attached hydrogens (tertiary/aromatic N) is 2. The zero-order valence-electron chi connectivity index (χ0n) is 8.43. The van der Waals surface area contributed by atoms with Crippen molar-refractivity contribution in [3.05, 3.63) is 6.33 Å². The van der Waals surface area contributed by atoms with E-state index in [1.54, 1.807) is 18.1 Å². The lowest BCUT2D eigenvalue weighted by atomic mass is 10.1. The first kappa shape index (κ1) is 10.9. The average molecular weight is 244 g/mol. The number of rotatable bonds is 5. The number of aromatic nitrogens is 2. The van der Waals surface area contributed by atoms with Gasteiger partial charge >= 0.3 is 5.97 Å². The first-order valence-electron chi connectivity index (χ1n) is 4.70. The van der Waals surface area contributed by atoms with Crippen molar-refractivity contribution in [1.82, 2.24) is 9.36 Å². The third-order valence-electron chi connectivity index (χ3n) is 2.55. The van der Waals surface area contributed by atoms with Crippen molar-refractivity contribution in [2.45, 2.75) is 23.6 Å². The van der Waals surface area contributed by atoms with Gasteiger partial charge in [-0.3, -0.25) is 4.79 Å². The quantitative estimate of drug-likeness (QED) is 0.585. The minimum absolute atomic E-state index is 0.106. The average Bonchev–Trinajstić information content (AvgIpc) is 2.81. The molecule has 0 saturated heterocycles. The maximum absolute atomic E-state index is 11.2. The van der Waals surface area contributed by atoms with E-state index >= 15 is 0 Å². The van der Waals surface area contributed by atoms with Crippen molar-refractivity contribution in [2.24, 2.45) is 5.41 Å². The number of hydrogen-bond donors (Lipinski definition) is 0. The number of thioether (sulfide) groups is 1. The zero-order chi connectivity index (χ0) is 10.7. The van der Waals surface area contributed by atoms with Crippen molar-refractivity contribution >= 4 is 29.3 Å². The Bertz CT molecular complexity index is 336. The van der Waals surface area contributed by atoms with E-state index in [1.807, 2.05) is 0 Å². The fraction of sp³-hybridized carbons (Fsp3) is 0.667. The lowest BCUT2D eigenvalue weighted by molar-refractivity contribution is -0.141. The summed E-state index contributed by atoms with van der Waals surface area (Å²) in [5, 5.41) is 0. The Labute approximate surface area is 96.6 Å². The van der Waals surface area contributed by atoms with Crippen LogP contribution in [0, 0.1) is 5.41 Å². The molecular weight excluding hydrogens is 232 g/mol. The second-order valence-electron chi connectivity index (χ2n) is 3.75. The van der Waals surface area contributed by atoms with Crippen LogP contribution >= 0.6 is 23.3 Å². The Morgan fingerprint density at radius 1 is 1.73 bits per heavy atom. The summed E-state index contributed by atoms with van der Waals surface area (Å²) in [5.41, 5.74) is 0.170. The summed E-state index contributed by atoms with van der Waals surface area (Å²) in [5.74, 6) is 0.836. The highest BCUT2D eigenvalue weighted by Crippen LogP contribution is 2.52. The molecule has 1 heterocycles. The molecular formula is C9H12N2O2S2. The van der Waals surface area contributed by atoms with Gasteiger partial charge in [0, 0.05) is 5.75 Å². The predicted molar refractivity (Wildman–Crippen MR) is 58.9 cm³/mol. The first-order valence-corrected chi connectivity index (χ1v) is 6.46. The van der Waals surface area contributed by atoms with Crippen molar-refractivity contribution < 1.29 is 9.53 Å². The number of ether oxygens (including phenoxy) is 1. The number of hydrogen-bond acceptors (Lipinski definition) is 6. The molecule has 0 aromatic carbocycles. The molecule has 1 fully saturated rings. The molecule has 4 nitrogen and oxygen atoms in total. The number of carbonyl (C=O) groups excluding carboxylic acids is 1. The SMILES string of the molecule is COC(=O)CC1(CSc2ncns2)CC1.